The molecule has 4 heterocycles. The van der Waals surface area contributed by atoms with Crippen molar-refractivity contribution in [2.24, 2.45) is 0 Å². The van der Waals surface area contributed by atoms with Crippen molar-refractivity contribution in [1.29, 1.82) is 0 Å². The molecule has 0 saturated carbocycles. The number of nitrogens with two attached hydrogens (primary N) is 1. The molecule has 31 heavy (non-hydrogen) atoms. The summed E-state index contributed by atoms with van der Waals surface area (Å²) in [6.45, 7) is 6.25. The molecule has 0 saturated heterocycles. The predicted octanol–water partition coefficient (Wildman–Crippen LogP) is 3.55. The van der Waals surface area contributed by atoms with Crippen LogP contribution in [0.1, 0.15) is 47.6 Å². The first-order valence-corrected chi connectivity index (χ1v) is 9.45. The summed E-state index contributed by atoms with van der Waals surface area (Å²) in [4.78, 5) is 23.1. The van der Waals surface area contributed by atoms with E-state index in [0.29, 0.717) is 35.5 Å². The molecule has 0 aliphatic carbocycles. The van der Waals surface area contributed by atoms with E-state index in [9.17, 15) is 9.59 Å². The average molecular weight is 425 g/mol. The van der Waals surface area contributed by atoms with Crippen LogP contribution in [0.2, 0.25) is 0 Å². The number of ether oxygens (including phenoxy) is 2. The van der Waals surface area contributed by atoms with Gasteiger partial charge in [-0.1, -0.05) is 7.43 Å². The minimum Gasteiger partial charge on any atom is -0.462 e. The number of pyridine rings is 2. The Morgan fingerprint density at radius 1 is 0.903 bits per heavy atom. The molecule has 0 fully saturated rings. The Kier molecular flexibility index (Phi) is 7.73. The van der Waals surface area contributed by atoms with Gasteiger partial charge in [-0.15, -0.1) is 0 Å². The maximum absolute atomic E-state index is 11.6. The highest BCUT2D eigenvalue weighted by molar-refractivity contribution is 5.97. The monoisotopic (exact) mass is 425 g/mol. The van der Waals surface area contributed by atoms with Crippen LogP contribution in [0.4, 0.5) is 5.69 Å². The minimum absolute atomic E-state index is 0. The fourth-order valence-electron chi connectivity index (χ4n) is 2.82. The van der Waals surface area contributed by atoms with Gasteiger partial charge in [0.05, 0.1) is 36.6 Å². The molecule has 0 atom stereocenters. The third-order valence-electron chi connectivity index (χ3n) is 4.21. The number of fused-ring (bicyclic) bond motifs is 2. The molecule has 0 aliphatic heterocycles. The van der Waals surface area contributed by atoms with Crippen LogP contribution in [0, 0.1) is 6.92 Å². The van der Waals surface area contributed by atoms with Crippen LogP contribution >= 0.6 is 0 Å². The zero-order chi connectivity index (χ0) is 21.7. The third-order valence-corrected chi connectivity index (χ3v) is 4.21. The van der Waals surface area contributed by atoms with E-state index in [1.54, 1.807) is 41.2 Å². The molecule has 0 amide bonds. The fourth-order valence-corrected chi connectivity index (χ4v) is 2.82. The lowest BCUT2D eigenvalue weighted by atomic mass is 10.2. The summed E-state index contributed by atoms with van der Waals surface area (Å²) in [5.41, 5.74) is 9.71. The topological polar surface area (TPSA) is 113 Å². The van der Waals surface area contributed by atoms with Crippen LogP contribution in [0.5, 0.6) is 0 Å². The Balaban J connectivity index is 0.000000213. The van der Waals surface area contributed by atoms with Crippen LogP contribution in [-0.2, 0) is 9.47 Å². The van der Waals surface area contributed by atoms with Gasteiger partial charge in [-0.3, -0.25) is 0 Å². The number of carbonyl (C=O) groups is 2. The number of aromatic nitrogens is 4. The number of carbonyl (C=O) groups excluding carboxylic acids is 2. The Morgan fingerprint density at radius 3 is 1.90 bits per heavy atom. The van der Waals surface area contributed by atoms with E-state index in [0.717, 1.165) is 11.1 Å². The second kappa shape index (κ2) is 10.2. The molecule has 4 rings (SSSR count). The summed E-state index contributed by atoms with van der Waals surface area (Å²) in [6, 6.07) is 7.27. The first-order chi connectivity index (χ1) is 14.4. The zero-order valence-corrected chi connectivity index (χ0v) is 17.0. The van der Waals surface area contributed by atoms with Crippen molar-refractivity contribution in [3.8, 4) is 0 Å². The van der Waals surface area contributed by atoms with Crippen molar-refractivity contribution in [3.63, 3.8) is 0 Å². The highest BCUT2D eigenvalue weighted by Crippen LogP contribution is 2.15. The highest BCUT2D eigenvalue weighted by atomic mass is 16.5. The van der Waals surface area contributed by atoms with Crippen LogP contribution in [0.3, 0.4) is 0 Å². The highest BCUT2D eigenvalue weighted by Gasteiger charge is 2.14. The molecule has 0 bridgehead atoms. The van der Waals surface area contributed by atoms with Crippen molar-refractivity contribution in [2.75, 3.05) is 18.9 Å². The van der Waals surface area contributed by atoms with Gasteiger partial charge in [-0.25, -0.2) is 18.6 Å². The summed E-state index contributed by atoms with van der Waals surface area (Å²) < 4.78 is 13.1. The number of anilines is 1. The Bertz CT molecular complexity index is 1100. The van der Waals surface area contributed by atoms with Crippen molar-refractivity contribution in [3.05, 3.63) is 65.7 Å². The van der Waals surface area contributed by atoms with E-state index >= 15 is 0 Å². The van der Waals surface area contributed by atoms with E-state index in [2.05, 4.69) is 10.2 Å². The van der Waals surface area contributed by atoms with Gasteiger partial charge in [0, 0.05) is 18.1 Å². The molecule has 9 nitrogen and oxygen atoms in total. The number of nitrogens with zero attached hydrogens (tertiary/aromatic N) is 4. The summed E-state index contributed by atoms with van der Waals surface area (Å²) in [7, 11) is 0. The second-order valence-electron chi connectivity index (χ2n) is 6.38. The summed E-state index contributed by atoms with van der Waals surface area (Å²) >= 11 is 0. The van der Waals surface area contributed by atoms with Crippen molar-refractivity contribution >= 4 is 28.7 Å². The molecular formula is C22H27N5O4. The Labute approximate surface area is 180 Å². The SMILES string of the molecule is C.CCOC(=O)c1cnn2ccc(C)cc12.CCOC(=O)c1cnn2ccc(N)cc12. The summed E-state index contributed by atoms with van der Waals surface area (Å²) in [5, 5.41) is 8.10. The first kappa shape index (κ1) is 23.4. The van der Waals surface area contributed by atoms with Gasteiger partial charge in [0.15, 0.2) is 0 Å². The van der Waals surface area contributed by atoms with Gasteiger partial charge in [-0.05, 0) is 50.6 Å². The number of hydrogen-bond donors (Lipinski definition) is 1. The lowest BCUT2D eigenvalue weighted by Gasteiger charge is -2.00. The van der Waals surface area contributed by atoms with E-state index in [1.807, 2.05) is 25.3 Å². The number of rotatable bonds is 4. The maximum Gasteiger partial charge on any atom is 0.341 e. The molecule has 0 radical (unpaired) electrons. The third kappa shape index (κ3) is 5.19. The molecule has 4 aromatic rings. The van der Waals surface area contributed by atoms with Gasteiger partial charge in [0.2, 0.25) is 0 Å². The summed E-state index contributed by atoms with van der Waals surface area (Å²) in [6.07, 6.45) is 6.54. The number of nitrogen functional groups attached to an aromatic ring is 1. The second-order valence-corrected chi connectivity index (χ2v) is 6.38. The average Bonchev–Trinajstić information content (AvgIpc) is 3.32. The molecule has 4 aromatic heterocycles. The van der Waals surface area contributed by atoms with E-state index in [-0.39, 0.29) is 19.4 Å². The standard InChI is InChI=1S/C11H12N2O2.C10H11N3O2.CH4/c1-3-15-11(14)9-7-12-13-5-4-8(2)6-10(9)13;1-2-15-10(14)8-6-12-13-4-3-7(11)5-9(8)13;/h4-7H,3H2,1-2H3;3-6H,2,11H2,1H3;1H4. The van der Waals surface area contributed by atoms with Crippen molar-refractivity contribution < 1.29 is 19.1 Å². The normalized spacial score (nSPS) is 10.2. The largest absolute Gasteiger partial charge is 0.462 e. The molecular weight excluding hydrogens is 398 g/mol. The van der Waals surface area contributed by atoms with E-state index in [4.69, 9.17) is 15.2 Å². The molecule has 9 heteroatoms. The van der Waals surface area contributed by atoms with Gasteiger partial charge in [0.25, 0.3) is 0 Å². The molecule has 2 N–H and O–H groups in total. The Hall–Kier alpha value is -3.88. The number of aryl methyl sites for hydroxylation is 1. The quantitative estimate of drug-likeness (QED) is 0.497. The molecule has 0 aromatic carbocycles. The fraction of sp³-hybridized carbons (Fsp3) is 0.273. The van der Waals surface area contributed by atoms with Crippen molar-refractivity contribution in [1.82, 2.24) is 19.2 Å². The van der Waals surface area contributed by atoms with Crippen LogP contribution in [0.15, 0.2) is 49.1 Å². The predicted molar refractivity (Wildman–Crippen MR) is 118 cm³/mol. The number of esters is 2. The van der Waals surface area contributed by atoms with Gasteiger partial charge >= 0.3 is 11.9 Å². The minimum atomic E-state index is -0.377. The molecule has 0 unspecified atom stereocenters. The van der Waals surface area contributed by atoms with Crippen molar-refractivity contribution in [2.45, 2.75) is 28.2 Å². The summed E-state index contributed by atoms with van der Waals surface area (Å²) in [5.74, 6) is -0.698. The lowest BCUT2D eigenvalue weighted by Crippen LogP contribution is -2.04. The Morgan fingerprint density at radius 2 is 1.39 bits per heavy atom. The van der Waals surface area contributed by atoms with Crippen LogP contribution in [-0.4, -0.2) is 44.4 Å². The molecule has 0 spiro atoms. The maximum atomic E-state index is 11.6. The van der Waals surface area contributed by atoms with Gasteiger partial charge in [0.1, 0.15) is 11.1 Å². The van der Waals surface area contributed by atoms with E-state index < -0.39 is 0 Å². The smallest absolute Gasteiger partial charge is 0.341 e. The molecule has 0 aliphatic rings. The lowest BCUT2D eigenvalue weighted by molar-refractivity contribution is 0.0519. The first-order valence-electron chi connectivity index (χ1n) is 9.45. The van der Waals surface area contributed by atoms with Gasteiger partial charge in [-0.2, -0.15) is 10.2 Å². The van der Waals surface area contributed by atoms with Gasteiger partial charge < -0.3 is 15.2 Å². The molecule has 164 valence electrons. The van der Waals surface area contributed by atoms with E-state index in [1.165, 1.54) is 12.4 Å². The van der Waals surface area contributed by atoms with Crippen LogP contribution < -0.4 is 5.73 Å². The number of hydrogen-bond acceptors (Lipinski definition) is 7. The zero-order valence-electron chi connectivity index (χ0n) is 17.0. The van der Waals surface area contributed by atoms with Crippen LogP contribution in [0.25, 0.3) is 11.0 Å².